The molecule has 0 heterocycles. The maximum atomic E-state index is 11.2. The van der Waals surface area contributed by atoms with Crippen LogP contribution < -0.4 is 5.32 Å². The maximum Gasteiger partial charge on any atom is 0.148 e. The molecule has 6 heteroatoms. The van der Waals surface area contributed by atoms with Gasteiger partial charge in [0.05, 0.1) is 11.8 Å². The van der Waals surface area contributed by atoms with Crippen LogP contribution in [0.1, 0.15) is 33.1 Å². The number of hydrogen-bond acceptors (Lipinski definition) is 5. The number of nitrogens with one attached hydrogen (secondary N) is 1. The first kappa shape index (κ1) is 16.4. The lowest BCUT2D eigenvalue weighted by Crippen LogP contribution is -2.48. The highest BCUT2D eigenvalue weighted by Crippen LogP contribution is 2.25. The Kier molecular flexibility index (Phi) is 5.36. The zero-order chi connectivity index (χ0) is 14.7. The fourth-order valence-electron chi connectivity index (χ4n) is 2.09. The standard InChI is InChI=1S/C13H25N3O2S/c1-11(16(3)7-8-19(4,17)18)9-13(2,10-14)15-12-5-6-12/h11-12,15H,5-9H2,1-4H3. The van der Waals surface area contributed by atoms with Crippen LogP contribution >= 0.6 is 0 Å². The van der Waals surface area contributed by atoms with Gasteiger partial charge in [-0.1, -0.05) is 0 Å². The van der Waals surface area contributed by atoms with Crippen LogP contribution in [0.5, 0.6) is 0 Å². The topological polar surface area (TPSA) is 73.2 Å². The van der Waals surface area contributed by atoms with Crippen LogP contribution in [0.2, 0.25) is 0 Å². The van der Waals surface area contributed by atoms with E-state index in [-0.39, 0.29) is 11.8 Å². The van der Waals surface area contributed by atoms with Crippen LogP contribution in [-0.2, 0) is 9.84 Å². The lowest BCUT2D eigenvalue weighted by atomic mass is 9.94. The highest BCUT2D eigenvalue weighted by molar-refractivity contribution is 7.90. The number of nitriles is 1. The van der Waals surface area contributed by atoms with Crippen molar-refractivity contribution < 1.29 is 8.42 Å². The van der Waals surface area contributed by atoms with E-state index in [0.717, 1.165) is 12.8 Å². The molecular weight excluding hydrogens is 262 g/mol. The van der Waals surface area contributed by atoms with Crippen LogP contribution in [-0.4, -0.2) is 56.5 Å². The van der Waals surface area contributed by atoms with Crippen molar-refractivity contribution >= 4 is 9.84 Å². The van der Waals surface area contributed by atoms with Gasteiger partial charge in [0.25, 0.3) is 0 Å². The lowest BCUT2D eigenvalue weighted by molar-refractivity contribution is 0.222. The van der Waals surface area contributed by atoms with Crippen LogP contribution in [0.3, 0.4) is 0 Å². The third-order valence-electron chi connectivity index (χ3n) is 3.62. The summed E-state index contributed by atoms with van der Waals surface area (Å²) >= 11 is 0. The molecule has 0 amide bonds. The molecule has 0 bridgehead atoms. The molecule has 1 aliphatic carbocycles. The molecule has 1 N–H and O–H groups in total. The van der Waals surface area contributed by atoms with Gasteiger partial charge >= 0.3 is 0 Å². The average Bonchev–Trinajstić information content (AvgIpc) is 3.08. The Morgan fingerprint density at radius 2 is 2.11 bits per heavy atom. The fraction of sp³-hybridized carbons (Fsp3) is 0.923. The molecule has 1 fully saturated rings. The normalized spacial score (nSPS) is 20.8. The Balaban J connectivity index is 2.47. The van der Waals surface area contributed by atoms with Crippen LogP contribution in [0.4, 0.5) is 0 Å². The third kappa shape index (κ3) is 6.37. The third-order valence-corrected chi connectivity index (χ3v) is 4.54. The van der Waals surface area contributed by atoms with Crippen molar-refractivity contribution in [2.24, 2.45) is 0 Å². The smallest absolute Gasteiger partial charge is 0.148 e. The van der Waals surface area contributed by atoms with Crippen molar-refractivity contribution in [3.63, 3.8) is 0 Å². The van der Waals surface area contributed by atoms with E-state index in [9.17, 15) is 13.7 Å². The second-order valence-electron chi connectivity index (χ2n) is 6.03. The lowest BCUT2D eigenvalue weighted by Gasteiger charge is -2.31. The van der Waals surface area contributed by atoms with E-state index in [1.54, 1.807) is 0 Å². The van der Waals surface area contributed by atoms with E-state index in [2.05, 4.69) is 11.4 Å². The molecular formula is C13H25N3O2S. The molecule has 2 atom stereocenters. The van der Waals surface area contributed by atoms with Gasteiger partial charge in [-0.15, -0.1) is 0 Å². The Bertz CT molecular complexity index is 439. The summed E-state index contributed by atoms with van der Waals surface area (Å²) in [5, 5.41) is 12.7. The predicted octanol–water partition coefficient (Wildman–Crippen LogP) is 0.776. The molecule has 1 rings (SSSR count). The van der Waals surface area contributed by atoms with Crippen molar-refractivity contribution in [1.29, 1.82) is 5.26 Å². The highest BCUT2D eigenvalue weighted by Gasteiger charge is 2.34. The first-order valence-electron chi connectivity index (χ1n) is 6.72. The quantitative estimate of drug-likeness (QED) is 0.714. The van der Waals surface area contributed by atoms with E-state index in [4.69, 9.17) is 0 Å². The average molecular weight is 287 g/mol. The van der Waals surface area contributed by atoms with Gasteiger partial charge in [-0.2, -0.15) is 5.26 Å². The monoisotopic (exact) mass is 287 g/mol. The molecule has 2 unspecified atom stereocenters. The van der Waals surface area contributed by atoms with Gasteiger partial charge in [0.2, 0.25) is 0 Å². The second-order valence-corrected chi connectivity index (χ2v) is 8.29. The summed E-state index contributed by atoms with van der Waals surface area (Å²) in [4.78, 5) is 2.01. The van der Waals surface area contributed by atoms with Gasteiger partial charge < -0.3 is 4.90 Å². The molecule has 0 aliphatic heterocycles. The minimum atomic E-state index is -2.93. The molecule has 0 saturated heterocycles. The zero-order valence-corrected chi connectivity index (χ0v) is 13.1. The number of hydrogen-bond donors (Lipinski definition) is 1. The maximum absolute atomic E-state index is 11.2. The highest BCUT2D eigenvalue weighted by atomic mass is 32.2. The Labute approximate surface area is 116 Å². The van der Waals surface area contributed by atoms with Crippen molar-refractivity contribution in [3.05, 3.63) is 0 Å². The van der Waals surface area contributed by atoms with Crippen molar-refractivity contribution in [2.45, 2.75) is 50.7 Å². The Morgan fingerprint density at radius 3 is 2.53 bits per heavy atom. The molecule has 1 aliphatic rings. The molecule has 110 valence electrons. The molecule has 0 aromatic rings. The van der Waals surface area contributed by atoms with Crippen molar-refractivity contribution in [2.75, 3.05) is 25.6 Å². The Morgan fingerprint density at radius 1 is 1.53 bits per heavy atom. The van der Waals surface area contributed by atoms with Crippen molar-refractivity contribution in [1.82, 2.24) is 10.2 Å². The summed E-state index contributed by atoms with van der Waals surface area (Å²) in [7, 11) is -1.03. The number of rotatable bonds is 8. The summed E-state index contributed by atoms with van der Waals surface area (Å²) in [5.74, 6) is 0.160. The minimum Gasteiger partial charge on any atom is -0.303 e. The van der Waals surface area contributed by atoms with Gasteiger partial charge in [0, 0.05) is 24.9 Å². The molecule has 0 radical (unpaired) electrons. The second kappa shape index (κ2) is 6.21. The summed E-state index contributed by atoms with van der Waals surface area (Å²) in [5.41, 5.74) is -0.528. The SMILES string of the molecule is CC(CC(C)(C#N)NC1CC1)N(C)CCS(C)(=O)=O. The van der Waals surface area contributed by atoms with Gasteiger partial charge in [-0.05, 0) is 40.2 Å². The van der Waals surface area contributed by atoms with E-state index in [1.807, 2.05) is 25.8 Å². The summed E-state index contributed by atoms with van der Waals surface area (Å²) < 4.78 is 22.3. The first-order valence-corrected chi connectivity index (χ1v) is 8.78. The van der Waals surface area contributed by atoms with Gasteiger partial charge in [0.1, 0.15) is 15.4 Å². The number of nitrogens with zero attached hydrogens (tertiary/aromatic N) is 2. The van der Waals surface area contributed by atoms with Gasteiger partial charge in [-0.3, -0.25) is 5.32 Å². The van der Waals surface area contributed by atoms with Crippen LogP contribution in [0, 0.1) is 11.3 Å². The van der Waals surface area contributed by atoms with Crippen LogP contribution in [0.15, 0.2) is 0 Å². The predicted molar refractivity (Wildman–Crippen MR) is 76.6 cm³/mol. The van der Waals surface area contributed by atoms with E-state index >= 15 is 0 Å². The summed E-state index contributed by atoms with van der Waals surface area (Å²) in [6, 6.07) is 3.00. The van der Waals surface area contributed by atoms with Crippen molar-refractivity contribution in [3.8, 4) is 6.07 Å². The van der Waals surface area contributed by atoms with E-state index < -0.39 is 15.4 Å². The van der Waals surface area contributed by atoms with Gasteiger partial charge in [0.15, 0.2) is 0 Å². The van der Waals surface area contributed by atoms with E-state index in [1.165, 1.54) is 6.26 Å². The summed E-state index contributed by atoms with van der Waals surface area (Å²) in [6.45, 7) is 4.46. The number of sulfone groups is 1. The van der Waals surface area contributed by atoms with Crippen LogP contribution in [0.25, 0.3) is 0 Å². The molecule has 0 aromatic heterocycles. The molecule has 0 spiro atoms. The van der Waals surface area contributed by atoms with Gasteiger partial charge in [-0.25, -0.2) is 8.42 Å². The largest absolute Gasteiger partial charge is 0.303 e. The molecule has 1 saturated carbocycles. The molecule has 5 nitrogen and oxygen atoms in total. The molecule has 19 heavy (non-hydrogen) atoms. The fourth-order valence-corrected chi connectivity index (χ4v) is 2.71. The van der Waals surface area contributed by atoms with E-state index in [0.29, 0.717) is 19.0 Å². The summed E-state index contributed by atoms with van der Waals surface area (Å²) in [6.07, 6.45) is 4.24. The molecule has 0 aromatic carbocycles. The first-order chi connectivity index (χ1) is 8.65. The minimum absolute atomic E-state index is 0.160. The zero-order valence-electron chi connectivity index (χ0n) is 12.3. The Hall–Kier alpha value is -0.640.